The van der Waals surface area contributed by atoms with E-state index in [0.29, 0.717) is 6.54 Å². The monoisotopic (exact) mass is 280 g/mol. The summed E-state index contributed by atoms with van der Waals surface area (Å²) in [5, 5.41) is 0. The van der Waals surface area contributed by atoms with E-state index in [0.717, 1.165) is 28.1 Å². The van der Waals surface area contributed by atoms with Crippen molar-refractivity contribution in [1.82, 2.24) is 14.5 Å². The summed E-state index contributed by atoms with van der Waals surface area (Å²) in [5.41, 5.74) is 6.70. The van der Waals surface area contributed by atoms with Crippen LogP contribution in [0.25, 0.3) is 5.82 Å². The van der Waals surface area contributed by atoms with Gasteiger partial charge in [-0.3, -0.25) is 4.57 Å². The number of hydrogen-bond donors (Lipinski definition) is 1. The smallest absolute Gasteiger partial charge is 0.152 e. The molecule has 16 heavy (non-hydrogen) atoms. The van der Waals surface area contributed by atoms with Gasteiger partial charge in [-0.2, -0.15) is 0 Å². The van der Waals surface area contributed by atoms with Crippen LogP contribution in [-0.4, -0.2) is 21.1 Å². The highest BCUT2D eigenvalue weighted by atomic mass is 79.9. The molecule has 0 aromatic carbocycles. The van der Waals surface area contributed by atoms with Gasteiger partial charge in [0.25, 0.3) is 0 Å². The van der Waals surface area contributed by atoms with Gasteiger partial charge in [-0.25, -0.2) is 9.97 Å². The Morgan fingerprint density at radius 3 is 2.94 bits per heavy atom. The van der Waals surface area contributed by atoms with Crippen molar-refractivity contribution in [3.05, 3.63) is 40.5 Å². The van der Waals surface area contributed by atoms with Gasteiger partial charge in [-0.05, 0) is 41.0 Å². The molecular weight excluding hydrogens is 268 g/mol. The van der Waals surface area contributed by atoms with Crippen molar-refractivity contribution >= 4 is 15.9 Å². The fraction of sp³-hybridized carbons (Fsp3) is 0.273. The van der Waals surface area contributed by atoms with Crippen LogP contribution in [-0.2, 0) is 6.42 Å². The predicted molar refractivity (Wildman–Crippen MR) is 66.6 cm³/mol. The van der Waals surface area contributed by atoms with E-state index in [1.165, 1.54) is 0 Å². The van der Waals surface area contributed by atoms with E-state index >= 15 is 0 Å². The lowest BCUT2D eigenvalue weighted by Gasteiger charge is -2.09. The maximum Gasteiger partial charge on any atom is 0.152 e. The van der Waals surface area contributed by atoms with Gasteiger partial charge in [-0.1, -0.05) is 0 Å². The lowest BCUT2D eigenvalue weighted by molar-refractivity contribution is 0.819. The minimum atomic E-state index is 0.584. The fourth-order valence-corrected chi connectivity index (χ4v) is 1.96. The Balaban J connectivity index is 2.50. The van der Waals surface area contributed by atoms with Crippen LogP contribution in [0.4, 0.5) is 0 Å². The van der Waals surface area contributed by atoms with Gasteiger partial charge in [0, 0.05) is 25.0 Å². The summed E-state index contributed by atoms with van der Waals surface area (Å²) in [5.74, 6) is 1.79. The highest BCUT2D eigenvalue weighted by Crippen LogP contribution is 2.23. The van der Waals surface area contributed by atoms with Crippen molar-refractivity contribution < 1.29 is 0 Å². The van der Waals surface area contributed by atoms with Crippen LogP contribution >= 0.6 is 15.9 Å². The first kappa shape index (κ1) is 11.3. The van der Waals surface area contributed by atoms with Crippen LogP contribution in [0.3, 0.4) is 0 Å². The minimum Gasteiger partial charge on any atom is -0.330 e. The SMILES string of the molecule is Cc1ccnc(-n2ccnc2CCN)c1Br. The molecule has 0 unspecified atom stereocenters. The normalized spacial score (nSPS) is 10.7. The van der Waals surface area contributed by atoms with Gasteiger partial charge in [0.2, 0.25) is 0 Å². The fourth-order valence-electron chi connectivity index (χ4n) is 1.54. The first-order chi connectivity index (χ1) is 7.74. The molecule has 84 valence electrons. The quantitative estimate of drug-likeness (QED) is 0.934. The molecule has 0 atom stereocenters. The average Bonchev–Trinajstić information content (AvgIpc) is 2.71. The lowest BCUT2D eigenvalue weighted by atomic mass is 10.3. The van der Waals surface area contributed by atoms with Crippen LogP contribution in [0.2, 0.25) is 0 Å². The second-order valence-corrected chi connectivity index (χ2v) is 4.31. The number of hydrogen-bond acceptors (Lipinski definition) is 3. The highest BCUT2D eigenvalue weighted by molar-refractivity contribution is 9.10. The Labute approximate surface area is 103 Å². The molecule has 4 nitrogen and oxygen atoms in total. The van der Waals surface area contributed by atoms with E-state index in [-0.39, 0.29) is 0 Å². The van der Waals surface area contributed by atoms with E-state index in [9.17, 15) is 0 Å². The summed E-state index contributed by atoms with van der Waals surface area (Å²) in [6.45, 7) is 2.62. The molecule has 0 bridgehead atoms. The van der Waals surface area contributed by atoms with E-state index in [2.05, 4.69) is 25.9 Å². The molecule has 2 aromatic heterocycles. The molecule has 2 heterocycles. The van der Waals surface area contributed by atoms with Gasteiger partial charge in [0.1, 0.15) is 5.82 Å². The molecule has 0 fully saturated rings. The van der Waals surface area contributed by atoms with Crippen molar-refractivity contribution in [3.63, 3.8) is 0 Å². The molecular formula is C11H13BrN4. The van der Waals surface area contributed by atoms with Crippen molar-refractivity contribution in [2.75, 3.05) is 6.54 Å². The number of aryl methyl sites for hydroxylation is 1. The molecule has 0 aliphatic carbocycles. The first-order valence-electron chi connectivity index (χ1n) is 5.08. The Morgan fingerprint density at radius 1 is 1.38 bits per heavy atom. The van der Waals surface area contributed by atoms with Gasteiger partial charge in [0.15, 0.2) is 5.82 Å². The molecule has 0 amide bonds. The zero-order chi connectivity index (χ0) is 11.5. The number of aromatic nitrogens is 3. The van der Waals surface area contributed by atoms with Gasteiger partial charge >= 0.3 is 0 Å². The summed E-state index contributed by atoms with van der Waals surface area (Å²) in [7, 11) is 0. The van der Waals surface area contributed by atoms with E-state index in [1.807, 2.05) is 23.8 Å². The number of nitrogens with zero attached hydrogens (tertiary/aromatic N) is 3. The number of rotatable bonds is 3. The number of imidazole rings is 1. The Morgan fingerprint density at radius 2 is 2.19 bits per heavy atom. The van der Waals surface area contributed by atoms with Crippen molar-refractivity contribution in [3.8, 4) is 5.82 Å². The minimum absolute atomic E-state index is 0.584. The summed E-state index contributed by atoms with van der Waals surface area (Å²) >= 11 is 3.54. The number of nitrogens with two attached hydrogens (primary N) is 1. The molecule has 0 radical (unpaired) electrons. The van der Waals surface area contributed by atoms with Crippen LogP contribution < -0.4 is 5.73 Å². The third-order valence-corrected chi connectivity index (χ3v) is 3.36. The largest absolute Gasteiger partial charge is 0.330 e. The van der Waals surface area contributed by atoms with E-state index in [4.69, 9.17) is 5.73 Å². The van der Waals surface area contributed by atoms with Crippen molar-refractivity contribution in [2.24, 2.45) is 5.73 Å². The predicted octanol–water partition coefficient (Wildman–Crippen LogP) is 1.84. The van der Waals surface area contributed by atoms with Gasteiger partial charge in [-0.15, -0.1) is 0 Å². The Kier molecular flexibility index (Phi) is 3.36. The summed E-state index contributed by atoms with van der Waals surface area (Å²) in [6.07, 6.45) is 6.20. The maximum atomic E-state index is 5.55. The maximum absolute atomic E-state index is 5.55. The van der Waals surface area contributed by atoms with Crippen LogP contribution in [0.1, 0.15) is 11.4 Å². The molecule has 2 aromatic rings. The Bertz CT molecular complexity index is 492. The lowest BCUT2D eigenvalue weighted by Crippen LogP contribution is -2.10. The third kappa shape index (κ3) is 2.01. The molecule has 2 N–H and O–H groups in total. The second kappa shape index (κ2) is 4.76. The van der Waals surface area contributed by atoms with Crippen LogP contribution in [0.5, 0.6) is 0 Å². The standard InChI is InChI=1S/C11H13BrN4/c1-8-3-5-15-11(10(8)12)16-7-6-14-9(16)2-4-13/h3,5-7H,2,4,13H2,1H3. The van der Waals surface area contributed by atoms with Crippen LogP contribution in [0, 0.1) is 6.92 Å². The molecule has 2 rings (SSSR count). The Hall–Kier alpha value is -1.20. The number of halogens is 1. The molecule has 0 spiro atoms. The molecule has 5 heteroatoms. The zero-order valence-electron chi connectivity index (χ0n) is 9.02. The second-order valence-electron chi connectivity index (χ2n) is 3.52. The van der Waals surface area contributed by atoms with Gasteiger partial charge in [0.05, 0.1) is 4.47 Å². The average molecular weight is 281 g/mol. The molecule has 0 saturated carbocycles. The zero-order valence-corrected chi connectivity index (χ0v) is 10.6. The summed E-state index contributed by atoms with van der Waals surface area (Å²) in [6, 6.07) is 1.97. The van der Waals surface area contributed by atoms with E-state index < -0.39 is 0 Å². The highest BCUT2D eigenvalue weighted by Gasteiger charge is 2.09. The first-order valence-corrected chi connectivity index (χ1v) is 5.87. The third-order valence-electron chi connectivity index (χ3n) is 2.38. The molecule has 0 saturated heterocycles. The molecule has 0 aliphatic heterocycles. The number of pyridine rings is 1. The van der Waals surface area contributed by atoms with E-state index in [1.54, 1.807) is 12.4 Å². The van der Waals surface area contributed by atoms with Crippen LogP contribution in [0.15, 0.2) is 29.1 Å². The van der Waals surface area contributed by atoms with Gasteiger partial charge < -0.3 is 5.73 Å². The van der Waals surface area contributed by atoms with Crippen molar-refractivity contribution in [2.45, 2.75) is 13.3 Å². The summed E-state index contributed by atoms with van der Waals surface area (Å²) in [4.78, 5) is 8.63. The molecule has 0 aliphatic rings. The summed E-state index contributed by atoms with van der Waals surface area (Å²) < 4.78 is 2.95. The van der Waals surface area contributed by atoms with Crippen molar-refractivity contribution in [1.29, 1.82) is 0 Å². The topological polar surface area (TPSA) is 56.7 Å².